The molecule has 0 saturated heterocycles. The molecule has 0 aliphatic heterocycles. The van der Waals surface area contributed by atoms with Gasteiger partial charge in [0.05, 0.1) is 6.20 Å². The van der Waals surface area contributed by atoms with E-state index in [0.717, 1.165) is 25.0 Å². The second-order valence-electron chi connectivity index (χ2n) is 7.57. The third-order valence-corrected chi connectivity index (χ3v) is 5.57. The van der Waals surface area contributed by atoms with Crippen molar-refractivity contribution in [3.8, 4) is 0 Å². The fourth-order valence-electron chi connectivity index (χ4n) is 3.64. The molecule has 1 aliphatic rings. The lowest BCUT2D eigenvalue weighted by molar-refractivity contribution is -0.258. The van der Waals surface area contributed by atoms with Gasteiger partial charge in [-0.2, -0.15) is 13.2 Å². The first-order valence-corrected chi connectivity index (χ1v) is 9.39. The van der Waals surface area contributed by atoms with Crippen molar-refractivity contribution in [1.29, 1.82) is 0 Å². The summed E-state index contributed by atoms with van der Waals surface area (Å²) < 4.78 is 52.6. The molecular weight excluding hydrogens is 388 g/mol. The van der Waals surface area contributed by atoms with Crippen molar-refractivity contribution in [3.63, 3.8) is 0 Å². The van der Waals surface area contributed by atoms with E-state index < -0.39 is 11.8 Å². The molecule has 0 bridgehead atoms. The molecule has 1 aromatic heterocycles. The first kappa shape index (κ1) is 21.2. The van der Waals surface area contributed by atoms with Crippen LogP contribution in [0.3, 0.4) is 0 Å². The van der Waals surface area contributed by atoms with E-state index in [-0.39, 0.29) is 34.8 Å². The van der Waals surface area contributed by atoms with Gasteiger partial charge in [-0.25, -0.2) is 4.39 Å². The van der Waals surface area contributed by atoms with Crippen LogP contribution in [-0.2, 0) is 5.60 Å². The normalized spacial score (nSPS) is 22.0. The molecule has 1 aromatic carbocycles. The molecule has 2 N–H and O–H groups in total. The van der Waals surface area contributed by atoms with Gasteiger partial charge >= 0.3 is 6.18 Å². The Morgan fingerprint density at radius 2 is 1.72 bits per heavy atom. The highest BCUT2D eigenvalue weighted by Gasteiger charge is 2.51. The smallest absolute Gasteiger partial charge is 0.376 e. The number of hydrogen-bond acceptors (Lipinski definition) is 3. The van der Waals surface area contributed by atoms with E-state index >= 15 is 0 Å². The standard InChI is InChI=1S/C21H22F4N2O2/c1-20(29,21(23,24)25)15-6-2-14(3-7-15)19(28)27-16-8-4-13(5-9-16)17-10-11-26-12-18(17)22/h2-3,6-7,10-13,16,29H,4-5,8-9H2,1H3,(H,27,28)/t13?,16?,20-/m0/s1. The van der Waals surface area contributed by atoms with Crippen LogP contribution in [0, 0.1) is 5.82 Å². The molecule has 1 amide bonds. The molecule has 0 unspecified atom stereocenters. The summed E-state index contributed by atoms with van der Waals surface area (Å²) in [4.78, 5) is 16.2. The first-order valence-electron chi connectivity index (χ1n) is 9.39. The Morgan fingerprint density at radius 1 is 1.10 bits per heavy atom. The van der Waals surface area contributed by atoms with E-state index in [1.54, 1.807) is 12.3 Å². The van der Waals surface area contributed by atoms with Crippen LogP contribution in [0.5, 0.6) is 0 Å². The number of amides is 1. The van der Waals surface area contributed by atoms with Crippen molar-refractivity contribution in [2.24, 2.45) is 0 Å². The number of halogens is 4. The number of aromatic nitrogens is 1. The molecule has 1 atom stereocenters. The summed E-state index contributed by atoms with van der Waals surface area (Å²) in [5.74, 6) is -0.633. The molecule has 1 heterocycles. The van der Waals surface area contributed by atoms with Crippen LogP contribution in [0.25, 0.3) is 0 Å². The Kier molecular flexibility index (Phi) is 5.93. The van der Waals surface area contributed by atoms with Gasteiger partial charge in [0.1, 0.15) is 5.82 Å². The van der Waals surface area contributed by atoms with Gasteiger partial charge in [0.25, 0.3) is 5.91 Å². The molecule has 156 valence electrons. The zero-order valence-electron chi connectivity index (χ0n) is 15.8. The number of aliphatic hydroxyl groups is 1. The van der Waals surface area contributed by atoms with Crippen LogP contribution in [0.15, 0.2) is 42.7 Å². The van der Waals surface area contributed by atoms with E-state index in [1.165, 1.54) is 18.3 Å². The third-order valence-electron chi connectivity index (χ3n) is 5.57. The van der Waals surface area contributed by atoms with Gasteiger partial charge in [-0.15, -0.1) is 0 Å². The minimum absolute atomic E-state index is 0.0787. The number of nitrogens with one attached hydrogen (secondary N) is 1. The monoisotopic (exact) mass is 410 g/mol. The average molecular weight is 410 g/mol. The molecule has 1 fully saturated rings. The molecule has 8 heteroatoms. The predicted molar refractivity (Wildman–Crippen MR) is 98.7 cm³/mol. The van der Waals surface area contributed by atoms with E-state index in [0.29, 0.717) is 25.3 Å². The first-order chi connectivity index (χ1) is 13.6. The summed E-state index contributed by atoms with van der Waals surface area (Å²) in [6, 6.07) is 6.33. The van der Waals surface area contributed by atoms with Gasteiger partial charge in [-0.3, -0.25) is 9.78 Å². The minimum Gasteiger partial charge on any atom is -0.376 e. The largest absolute Gasteiger partial charge is 0.421 e. The number of hydrogen-bond donors (Lipinski definition) is 2. The van der Waals surface area contributed by atoms with Gasteiger partial charge in [0, 0.05) is 17.8 Å². The maximum atomic E-state index is 13.9. The number of benzene rings is 1. The SMILES string of the molecule is C[C@](O)(c1ccc(C(=O)NC2CCC(c3ccncc3F)CC2)cc1)C(F)(F)F. The van der Waals surface area contributed by atoms with Crippen LogP contribution in [0.2, 0.25) is 0 Å². The fraction of sp³-hybridized carbons (Fsp3) is 0.429. The molecule has 29 heavy (non-hydrogen) atoms. The van der Waals surface area contributed by atoms with Crippen molar-refractivity contribution in [2.75, 3.05) is 0 Å². The molecule has 1 aliphatic carbocycles. The number of rotatable bonds is 4. The van der Waals surface area contributed by atoms with Crippen LogP contribution < -0.4 is 5.32 Å². The summed E-state index contributed by atoms with van der Waals surface area (Å²) in [7, 11) is 0. The van der Waals surface area contributed by atoms with Gasteiger partial charge in [-0.1, -0.05) is 12.1 Å². The number of nitrogens with zero attached hydrogens (tertiary/aromatic N) is 1. The third kappa shape index (κ3) is 4.58. The number of alkyl halides is 3. The molecule has 1 saturated carbocycles. The van der Waals surface area contributed by atoms with Crippen LogP contribution >= 0.6 is 0 Å². The van der Waals surface area contributed by atoms with Crippen molar-refractivity contribution in [2.45, 2.75) is 56.3 Å². The summed E-state index contributed by atoms with van der Waals surface area (Å²) in [6.45, 7) is 0.673. The second kappa shape index (κ2) is 8.10. The molecule has 2 aromatic rings. The zero-order valence-corrected chi connectivity index (χ0v) is 15.8. The van der Waals surface area contributed by atoms with Crippen LogP contribution in [-0.4, -0.2) is 28.2 Å². The van der Waals surface area contributed by atoms with E-state index in [4.69, 9.17) is 0 Å². The Morgan fingerprint density at radius 3 is 2.28 bits per heavy atom. The number of carbonyl (C=O) groups excluding carboxylic acids is 1. The Balaban J connectivity index is 1.58. The lowest BCUT2D eigenvalue weighted by Gasteiger charge is -2.29. The number of pyridine rings is 1. The zero-order chi connectivity index (χ0) is 21.2. The van der Waals surface area contributed by atoms with E-state index in [1.807, 2.05) is 0 Å². The van der Waals surface area contributed by atoms with E-state index in [2.05, 4.69) is 10.3 Å². The van der Waals surface area contributed by atoms with Crippen LogP contribution in [0.1, 0.15) is 60.0 Å². The molecular formula is C21H22F4N2O2. The van der Waals surface area contributed by atoms with Gasteiger partial charge in [0.2, 0.25) is 0 Å². The van der Waals surface area contributed by atoms with Crippen molar-refractivity contribution in [3.05, 3.63) is 65.2 Å². The lowest BCUT2D eigenvalue weighted by Crippen LogP contribution is -2.39. The summed E-state index contributed by atoms with van der Waals surface area (Å²) in [5, 5.41) is 12.6. The quantitative estimate of drug-likeness (QED) is 0.733. The van der Waals surface area contributed by atoms with Gasteiger partial charge < -0.3 is 10.4 Å². The predicted octanol–water partition coefficient (Wildman–Crippen LogP) is 4.45. The van der Waals surface area contributed by atoms with Gasteiger partial charge in [-0.05, 0) is 67.9 Å². The Hall–Kier alpha value is -2.48. The average Bonchev–Trinajstić information content (AvgIpc) is 2.68. The maximum absolute atomic E-state index is 13.9. The summed E-state index contributed by atoms with van der Waals surface area (Å²) in [5.41, 5.74) is -2.46. The molecule has 4 nitrogen and oxygen atoms in total. The number of carbonyl (C=O) groups is 1. The lowest BCUT2D eigenvalue weighted by atomic mass is 9.82. The molecule has 0 spiro atoms. The second-order valence-corrected chi connectivity index (χ2v) is 7.57. The maximum Gasteiger partial charge on any atom is 0.421 e. The summed E-state index contributed by atoms with van der Waals surface area (Å²) >= 11 is 0. The van der Waals surface area contributed by atoms with Crippen molar-refractivity contribution < 1.29 is 27.5 Å². The highest BCUT2D eigenvalue weighted by atomic mass is 19.4. The topological polar surface area (TPSA) is 62.2 Å². The highest BCUT2D eigenvalue weighted by Crippen LogP contribution is 2.38. The fourth-order valence-corrected chi connectivity index (χ4v) is 3.64. The van der Waals surface area contributed by atoms with Gasteiger partial charge in [0.15, 0.2) is 5.60 Å². The molecule has 0 radical (unpaired) electrons. The highest BCUT2D eigenvalue weighted by molar-refractivity contribution is 5.94. The Labute approximate surface area is 166 Å². The Bertz CT molecular complexity index is 858. The van der Waals surface area contributed by atoms with Crippen LogP contribution in [0.4, 0.5) is 17.6 Å². The van der Waals surface area contributed by atoms with Crippen molar-refractivity contribution >= 4 is 5.91 Å². The van der Waals surface area contributed by atoms with E-state index in [9.17, 15) is 27.5 Å². The summed E-state index contributed by atoms with van der Waals surface area (Å²) in [6.07, 6.45) is 0.745. The minimum atomic E-state index is -4.82. The van der Waals surface area contributed by atoms with Crippen molar-refractivity contribution in [1.82, 2.24) is 10.3 Å². The molecule has 3 rings (SSSR count).